The van der Waals surface area contributed by atoms with Gasteiger partial charge >= 0.3 is 6.18 Å². The highest BCUT2D eigenvalue weighted by molar-refractivity contribution is 6.01. The van der Waals surface area contributed by atoms with Crippen molar-refractivity contribution in [1.29, 1.82) is 0 Å². The van der Waals surface area contributed by atoms with Gasteiger partial charge in [-0.1, -0.05) is 25.1 Å². The van der Waals surface area contributed by atoms with E-state index in [1.165, 1.54) is 13.2 Å². The molecular weight excluding hydrogens is 423 g/mol. The number of aliphatic imine (C=N–C) groups is 1. The molecule has 0 saturated carbocycles. The van der Waals surface area contributed by atoms with Crippen LogP contribution in [0.5, 0.6) is 5.75 Å². The number of halogens is 3. The van der Waals surface area contributed by atoms with Crippen molar-refractivity contribution in [3.63, 3.8) is 0 Å². The number of methoxy groups -OCH3 is 1. The molecule has 0 fully saturated rings. The van der Waals surface area contributed by atoms with Crippen LogP contribution in [-0.2, 0) is 22.3 Å². The van der Waals surface area contributed by atoms with Crippen molar-refractivity contribution >= 4 is 28.4 Å². The lowest BCUT2D eigenvalue weighted by atomic mass is 10.1. The van der Waals surface area contributed by atoms with Crippen LogP contribution in [0.4, 0.5) is 13.2 Å². The molecule has 168 valence electrons. The van der Waals surface area contributed by atoms with Gasteiger partial charge in [0.25, 0.3) is 0 Å². The molecule has 32 heavy (non-hydrogen) atoms. The molecule has 3 aromatic rings. The van der Waals surface area contributed by atoms with Crippen molar-refractivity contribution in [2.45, 2.75) is 26.1 Å². The van der Waals surface area contributed by atoms with Crippen molar-refractivity contribution < 1.29 is 27.8 Å². The smallest absolute Gasteiger partial charge is 0.419 e. The van der Waals surface area contributed by atoms with Crippen molar-refractivity contribution in [2.75, 3.05) is 7.11 Å². The van der Waals surface area contributed by atoms with Crippen LogP contribution in [0.2, 0.25) is 0 Å². The first-order valence-electron chi connectivity index (χ1n) is 9.75. The Labute approximate surface area is 182 Å². The minimum Gasteiger partial charge on any atom is -0.507 e. The summed E-state index contributed by atoms with van der Waals surface area (Å²) in [6, 6.07) is 10.3. The number of carbonyl (C=O) groups is 1. The Hall–Kier alpha value is -3.75. The molecule has 3 rings (SSSR count). The van der Waals surface area contributed by atoms with Crippen LogP contribution in [0, 0.1) is 0 Å². The van der Waals surface area contributed by atoms with E-state index < -0.39 is 23.4 Å². The second-order valence-electron chi connectivity index (χ2n) is 7.00. The number of primary amides is 1. The molecule has 9 heteroatoms. The van der Waals surface area contributed by atoms with Gasteiger partial charge in [-0.05, 0) is 36.8 Å². The molecule has 1 amide bonds. The molecule has 0 atom stereocenters. The van der Waals surface area contributed by atoms with Gasteiger partial charge in [0, 0.05) is 28.2 Å². The standard InChI is InChI=1S/C23H22F3N3O3/c1-3-5-18(15-6-4-7-19-16(15)10-11-29(19)13-21(27)31)28-22(32-2)14-8-9-20(30)17(12-14)23(24,25)26/h4-12,30H,3,13H2,1-2H3,(H2,27,31)/b18-5+,28-22?. The zero-order valence-electron chi connectivity index (χ0n) is 17.5. The quantitative estimate of drug-likeness (QED) is 0.426. The molecule has 3 N–H and O–H groups in total. The Bertz CT molecular complexity index is 1210. The third kappa shape index (κ3) is 4.77. The third-order valence-electron chi connectivity index (χ3n) is 4.78. The van der Waals surface area contributed by atoms with Gasteiger partial charge < -0.3 is 20.1 Å². The number of nitrogens with two attached hydrogens (primary N) is 1. The van der Waals surface area contributed by atoms with Crippen LogP contribution in [-0.4, -0.2) is 28.6 Å². The SMILES string of the molecule is CC/C=C(/N=C(OC)c1ccc(O)c(C(F)(F)F)c1)c1cccc2c1ccn2CC(N)=O. The number of phenolic OH excluding ortho intramolecular Hbond substituents is 1. The molecule has 0 aliphatic carbocycles. The van der Waals surface area contributed by atoms with E-state index in [4.69, 9.17) is 10.5 Å². The summed E-state index contributed by atoms with van der Waals surface area (Å²) in [6.07, 6.45) is -0.559. The van der Waals surface area contributed by atoms with E-state index in [2.05, 4.69) is 4.99 Å². The first-order valence-corrected chi connectivity index (χ1v) is 9.75. The minimum atomic E-state index is -4.73. The third-order valence-corrected chi connectivity index (χ3v) is 4.78. The fraction of sp³-hybridized carbons (Fsp3) is 0.217. The number of aromatic nitrogens is 1. The molecule has 0 aliphatic heterocycles. The summed E-state index contributed by atoms with van der Waals surface area (Å²) in [5, 5.41) is 10.4. The number of rotatable bonds is 6. The summed E-state index contributed by atoms with van der Waals surface area (Å²) in [5.74, 6) is -1.39. The van der Waals surface area contributed by atoms with Gasteiger partial charge in [-0.3, -0.25) is 4.79 Å². The lowest BCUT2D eigenvalue weighted by Gasteiger charge is -2.13. The number of amides is 1. The van der Waals surface area contributed by atoms with Crippen molar-refractivity contribution in [2.24, 2.45) is 10.7 Å². The van der Waals surface area contributed by atoms with Crippen LogP contribution < -0.4 is 5.73 Å². The van der Waals surface area contributed by atoms with E-state index in [0.29, 0.717) is 12.1 Å². The molecule has 1 aromatic heterocycles. The topological polar surface area (TPSA) is 89.8 Å². The van der Waals surface area contributed by atoms with E-state index in [1.54, 1.807) is 16.8 Å². The number of carbonyl (C=O) groups excluding carboxylic acids is 1. The van der Waals surface area contributed by atoms with Gasteiger partial charge in [0.2, 0.25) is 11.8 Å². The van der Waals surface area contributed by atoms with Crippen LogP contribution in [0.15, 0.2) is 59.7 Å². The molecule has 2 aromatic carbocycles. The molecule has 0 unspecified atom stereocenters. The predicted molar refractivity (Wildman–Crippen MR) is 116 cm³/mol. The summed E-state index contributed by atoms with van der Waals surface area (Å²) in [6.45, 7) is 1.92. The van der Waals surface area contributed by atoms with E-state index in [9.17, 15) is 23.1 Å². The van der Waals surface area contributed by atoms with Crippen LogP contribution in [0.25, 0.3) is 16.6 Å². The number of nitrogens with zero attached hydrogens (tertiary/aromatic N) is 2. The maximum absolute atomic E-state index is 13.2. The van der Waals surface area contributed by atoms with Crippen molar-refractivity contribution in [3.05, 3.63) is 71.4 Å². The second-order valence-corrected chi connectivity index (χ2v) is 7.00. The van der Waals surface area contributed by atoms with E-state index in [0.717, 1.165) is 28.6 Å². The number of hydrogen-bond donors (Lipinski definition) is 2. The highest BCUT2D eigenvalue weighted by atomic mass is 19.4. The van der Waals surface area contributed by atoms with Crippen LogP contribution >= 0.6 is 0 Å². The zero-order valence-corrected chi connectivity index (χ0v) is 17.5. The Morgan fingerprint density at radius 2 is 2.00 bits per heavy atom. The van der Waals surface area contributed by atoms with Gasteiger partial charge in [0.15, 0.2) is 0 Å². The lowest BCUT2D eigenvalue weighted by Crippen LogP contribution is -2.17. The summed E-state index contributed by atoms with van der Waals surface area (Å²) in [4.78, 5) is 15.9. The Morgan fingerprint density at radius 1 is 1.25 bits per heavy atom. The number of ether oxygens (including phenoxy) is 1. The molecule has 0 spiro atoms. The molecule has 0 radical (unpaired) electrons. The second kappa shape index (κ2) is 9.17. The number of alkyl halides is 3. The average Bonchev–Trinajstić information content (AvgIpc) is 3.13. The minimum absolute atomic E-state index is 0.0140. The molecule has 0 aliphatic rings. The van der Waals surface area contributed by atoms with E-state index in [-0.39, 0.29) is 18.0 Å². The zero-order chi connectivity index (χ0) is 23.5. The Morgan fingerprint density at radius 3 is 2.62 bits per heavy atom. The molecule has 1 heterocycles. The maximum atomic E-state index is 13.2. The Kier molecular flexibility index (Phi) is 6.57. The number of aromatic hydroxyl groups is 1. The first-order chi connectivity index (χ1) is 15.2. The lowest BCUT2D eigenvalue weighted by molar-refractivity contribution is -0.138. The highest BCUT2D eigenvalue weighted by Crippen LogP contribution is 2.36. The van der Waals surface area contributed by atoms with E-state index >= 15 is 0 Å². The monoisotopic (exact) mass is 445 g/mol. The molecule has 6 nitrogen and oxygen atoms in total. The number of fused-ring (bicyclic) bond motifs is 1. The van der Waals surface area contributed by atoms with Gasteiger partial charge in [-0.25, -0.2) is 4.99 Å². The molecule has 0 saturated heterocycles. The van der Waals surface area contributed by atoms with Gasteiger partial charge in [-0.2, -0.15) is 13.2 Å². The summed E-state index contributed by atoms with van der Waals surface area (Å²) in [7, 11) is 1.31. The number of allylic oxidation sites excluding steroid dienone is 1. The molecule has 0 bridgehead atoms. The van der Waals surface area contributed by atoms with Gasteiger partial charge in [0.1, 0.15) is 12.3 Å². The fourth-order valence-electron chi connectivity index (χ4n) is 3.40. The molecular formula is C23H22F3N3O3. The van der Waals surface area contributed by atoms with Crippen LogP contribution in [0.1, 0.15) is 30.0 Å². The number of phenols is 1. The van der Waals surface area contributed by atoms with Gasteiger partial charge in [0.05, 0.1) is 18.4 Å². The predicted octanol–water partition coefficient (Wildman–Crippen LogP) is 4.70. The van der Waals surface area contributed by atoms with Crippen molar-refractivity contribution in [3.8, 4) is 5.75 Å². The average molecular weight is 445 g/mol. The van der Waals surface area contributed by atoms with E-state index in [1.807, 2.05) is 31.2 Å². The first kappa shape index (κ1) is 22.9. The summed E-state index contributed by atoms with van der Waals surface area (Å²) < 4.78 is 46.7. The van der Waals surface area contributed by atoms with Crippen molar-refractivity contribution in [1.82, 2.24) is 4.57 Å². The van der Waals surface area contributed by atoms with Gasteiger partial charge in [-0.15, -0.1) is 0 Å². The summed E-state index contributed by atoms with van der Waals surface area (Å²) >= 11 is 0. The number of hydrogen-bond acceptors (Lipinski definition) is 4. The summed E-state index contributed by atoms with van der Waals surface area (Å²) in [5.41, 5.74) is 6.19. The Balaban J connectivity index is 2.13. The largest absolute Gasteiger partial charge is 0.507 e. The maximum Gasteiger partial charge on any atom is 0.419 e. The fourth-order valence-corrected chi connectivity index (χ4v) is 3.40. The number of benzene rings is 2. The normalized spacial score (nSPS) is 12.9. The highest BCUT2D eigenvalue weighted by Gasteiger charge is 2.34. The van der Waals surface area contributed by atoms with Crippen LogP contribution in [0.3, 0.4) is 0 Å².